The average molecular weight is 272 g/mol. The first-order chi connectivity index (χ1) is 9.70. The maximum atomic E-state index is 4.45. The molecule has 0 spiro atoms. The van der Waals surface area contributed by atoms with E-state index in [9.17, 15) is 0 Å². The van der Waals surface area contributed by atoms with Crippen LogP contribution in [0.1, 0.15) is 44.7 Å². The first-order valence-corrected chi connectivity index (χ1v) is 7.65. The summed E-state index contributed by atoms with van der Waals surface area (Å²) in [5.41, 5.74) is 2.41. The van der Waals surface area contributed by atoms with E-state index in [0.717, 1.165) is 17.4 Å². The van der Waals surface area contributed by atoms with Gasteiger partial charge in [-0.05, 0) is 37.6 Å². The van der Waals surface area contributed by atoms with Crippen molar-refractivity contribution in [2.24, 2.45) is 17.8 Å². The van der Waals surface area contributed by atoms with E-state index in [1.807, 2.05) is 23.1 Å². The number of nitrogens with one attached hydrogen (secondary N) is 1. The van der Waals surface area contributed by atoms with E-state index in [-0.39, 0.29) is 0 Å². The lowest BCUT2D eigenvalue weighted by Crippen LogP contribution is -2.31. The first kappa shape index (κ1) is 13.6. The van der Waals surface area contributed by atoms with Crippen molar-refractivity contribution in [3.63, 3.8) is 0 Å². The second-order valence-electron chi connectivity index (χ2n) is 6.30. The molecule has 108 valence electrons. The van der Waals surface area contributed by atoms with E-state index >= 15 is 0 Å². The molecule has 2 aromatic heterocycles. The van der Waals surface area contributed by atoms with Crippen LogP contribution in [0.25, 0.3) is 5.52 Å². The Morgan fingerprint density at radius 1 is 1.25 bits per heavy atom. The molecular weight excluding hydrogens is 248 g/mol. The smallest absolute Gasteiger partial charge is 0.0892 e. The molecule has 1 N–H and O–H groups in total. The molecule has 0 radical (unpaired) electrons. The van der Waals surface area contributed by atoms with Gasteiger partial charge in [-0.2, -0.15) is 5.10 Å². The van der Waals surface area contributed by atoms with Crippen molar-refractivity contribution in [3.05, 3.63) is 30.4 Å². The van der Waals surface area contributed by atoms with Gasteiger partial charge in [0.05, 0.1) is 17.9 Å². The van der Waals surface area contributed by atoms with Gasteiger partial charge in [-0.3, -0.25) is 4.98 Å². The minimum absolute atomic E-state index is 0.381. The van der Waals surface area contributed by atoms with Gasteiger partial charge < -0.3 is 5.32 Å². The fourth-order valence-electron chi connectivity index (χ4n) is 3.63. The Morgan fingerprint density at radius 2 is 2.10 bits per heavy atom. The summed E-state index contributed by atoms with van der Waals surface area (Å²) in [7, 11) is 2.06. The number of aromatic nitrogens is 3. The molecule has 4 atom stereocenters. The number of nitrogens with zero attached hydrogens (tertiary/aromatic N) is 3. The third-order valence-corrected chi connectivity index (χ3v) is 5.11. The van der Waals surface area contributed by atoms with Gasteiger partial charge in [-0.25, -0.2) is 4.52 Å². The second-order valence-corrected chi connectivity index (χ2v) is 6.30. The molecule has 0 aromatic carbocycles. The van der Waals surface area contributed by atoms with Crippen LogP contribution in [0.5, 0.6) is 0 Å². The molecule has 0 bridgehead atoms. The lowest BCUT2D eigenvalue weighted by molar-refractivity contribution is 0.175. The first-order valence-electron chi connectivity index (χ1n) is 7.65. The van der Waals surface area contributed by atoms with Crippen molar-refractivity contribution in [1.82, 2.24) is 19.9 Å². The molecule has 0 saturated heterocycles. The van der Waals surface area contributed by atoms with Gasteiger partial charge in [-0.15, -0.1) is 0 Å². The lowest BCUT2D eigenvalue weighted by atomic mass is 9.72. The maximum absolute atomic E-state index is 4.45. The van der Waals surface area contributed by atoms with Crippen molar-refractivity contribution in [2.75, 3.05) is 7.05 Å². The van der Waals surface area contributed by atoms with Crippen molar-refractivity contribution in [1.29, 1.82) is 0 Å². The molecule has 4 nitrogen and oxygen atoms in total. The quantitative estimate of drug-likeness (QED) is 0.933. The zero-order valence-corrected chi connectivity index (χ0v) is 12.6. The number of hydrogen-bond donors (Lipinski definition) is 1. The standard InChI is InChI=1S/C16H24N4/c1-11-4-5-13(8-12(11)2)16(17-3)14-9-19-20-7-6-18-10-15(14)20/h6-7,9-13,16-17H,4-5,8H2,1-3H3. The molecule has 1 saturated carbocycles. The van der Waals surface area contributed by atoms with Gasteiger partial charge >= 0.3 is 0 Å². The molecule has 1 aliphatic rings. The van der Waals surface area contributed by atoms with E-state index < -0.39 is 0 Å². The van der Waals surface area contributed by atoms with Crippen LogP contribution in [-0.2, 0) is 0 Å². The van der Waals surface area contributed by atoms with Gasteiger partial charge in [-0.1, -0.05) is 20.3 Å². The van der Waals surface area contributed by atoms with Crippen LogP contribution >= 0.6 is 0 Å². The molecule has 4 heteroatoms. The summed E-state index contributed by atoms with van der Waals surface area (Å²) < 4.78 is 1.92. The Labute approximate surface area is 120 Å². The van der Waals surface area contributed by atoms with E-state index in [0.29, 0.717) is 12.0 Å². The summed E-state index contributed by atoms with van der Waals surface area (Å²) in [6, 6.07) is 0.381. The monoisotopic (exact) mass is 272 g/mol. The van der Waals surface area contributed by atoms with Crippen LogP contribution in [0.4, 0.5) is 0 Å². The molecule has 1 aliphatic carbocycles. The summed E-state index contributed by atoms with van der Waals surface area (Å²) in [6.45, 7) is 4.77. The largest absolute Gasteiger partial charge is 0.313 e. The lowest BCUT2D eigenvalue weighted by Gasteiger charge is -2.36. The summed E-state index contributed by atoms with van der Waals surface area (Å²) >= 11 is 0. The molecule has 0 amide bonds. The fourth-order valence-corrected chi connectivity index (χ4v) is 3.63. The zero-order chi connectivity index (χ0) is 14.1. The Hall–Kier alpha value is -1.42. The van der Waals surface area contributed by atoms with Crippen LogP contribution in [0, 0.1) is 17.8 Å². The molecule has 2 heterocycles. The minimum atomic E-state index is 0.381. The maximum Gasteiger partial charge on any atom is 0.0892 e. The third-order valence-electron chi connectivity index (χ3n) is 5.11. The Balaban J connectivity index is 1.90. The molecule has 3 rings (SSSR count). The topological polar surface area (TPSA) is 42.2 Å². The molecule has 1 fully saturated rings. The van der Waals surface area contributed by atoms with E-state index in [4.69, 9.17) is 0 Å². The van der Waals surface area contributed by atoms with Gasteiger partial charge in [0.25, 0.3) is 0 Å². The van der Waals surface area contributed by atoms with Crippen molar-refractivity contribution >= 4 is 5.52 Å². The normalized spacial score (nSPS) is 28.6. The van der Waals surface area contributed by atoms with E-state index in [2.05, 4.69) is 36.3 Å². The second kappa shape index (κ2) is 5.52. The summed E-state index contributed by atoms with van der Waals surface area (Å²) in [5.74, 6) is 2.36. The SMILES string of the molecule is CNC(c1cnn2ccncc12)C1CCC(C)C(C)C1. The average Bonchev–Trinajstić information content (AvgIpc) is 2.88. The van der Waals surface area contributed by atoms with Crippen LogP contribution in [0.3, 0.4) is 0 Å². The molecule has 20 heavy (non-hydrogen) atoms. The summed E-state index contributed by atoms with van der Waals surface area (Å²) in [6.07, 6.45) is 11.5. The van der Waals surface area contributed by atoms with Gasteiger partial charge in [0, 0.05) is 24.0 Å². The van der Waals surface area contributed by atoms with Crippen LogP contribution in [-0.4, -0.2) is 21.6 Å². The fraction of sp³-hybridized carbons (Fsp3) is 0.625. The van der Waals surface area contributed by atoms with E-state index in [1.54, 1.807) is 6.20 Å². The zero-order valence-electron chi connectivity index (χ0n) is 12.6. The van der Waals surface area contributed by atoms with Crippen molar-refractivity contribution in [2.45, 2.75) is 39.2 Å². The number of rotatable bonds is 3. The highest BCUT2D eigenvalue weighted by atomic mass is 15.2. The summed E-state index contributed by atoms with van der Waals surface area (Å²) in [5, 5.41) is 7.97. The van der Waals surface area contributed by atoms with Crippen molar-refractivity contribution in [3.8, 4) is 0 Å². The Kier molecular flexibility index (Phi) is 3.74. The minimum Gasteiger partial charge on any atom is -0.313 e. The third kappa shape index (κ3) is 2.33. The Morgan fingerprint density at radius 3 is 2.85 bits per heavy atom. The molecule has 0 aliphatic heterocycles. The van der Waals surface area contributed by atoms with Crippen LogP contribution < -0.4 is 5.32 Å². The van der Waals surface area contributed by atoms with Crippen LogP contribution in [0.2, 0.25) is 0 Å². The molecule has 4 unspecified atom stereocenters. The van der Waals surface area contributed by atoms with Gasteiger partial charge in [0.15, 0.2) is 0 Å². The highest BCUT2D eigenvalue weighted by Crippen LogP contribution is 2.40. The van der Waals surface area contributed by atoms with Gasteiger partial charge in [0.1, 0.15) is 0 Å². The van der Waals surface area contributed by atoms with Gasteiger partial charge in [0.2, 0.25) is 0 Å². The molecule has 2 aromatic rings. The number of hydrogen-bond acceptors (Lipinski definition) is 3. The number of fused-ring (bicyclic) bond motifs is 1. The molecular formula is C16H24N4. The Bertz CT molecular complexity index is 577. The highest BCUT2D eigenvalue weighted by molar-refractivity contribution is 5.53. The van der Waals surface area contributed by atoms with Crippen molar-refractivity contribution < 1.29 is 0 Å². The van der Waals surface area contributed by atoms with E-state index in [1.165, 1.54) is 24.8 Å². The van der Waals surface area contributed by atoms with Crippen LogP contribution in [0.15, 0.2) is 24.8 Å². The predicted octanol–water partition coefficient (Wildman–Crippen LogP) is 3.06. The highest BCUT2D eigenvalue weighted by Gasteiger charge is 2.31. The predicted molar refractivity (Wildman–Crippen MR) is 80.5 cm³/mol. The summed E-state index contributed by atoms with van der Waals surface area (Å²) in [4.78, 5) is 4.25.